The Bertz CT molecular complexity index is 445. The van der Waals surface area contributed by atoms with E-state index in [1.807, 2.05) is 12.1 Å². The first-order valence-corrected chi connectivity index (χ1v) is 6.93. The molecule has 0 fully saturated rings. The van der Waals surface area contributed by atoms with Crippen LogP contribution in [0, 0.1) is 0 Å². The van der Waals surface area contributed by atoms with Crippen molar-refractivity contribution in [1.29, 1.82) is 0 Å². The van der Waals surface area contributed by atoms with Crippen LogP contribution in [0.4, 0.5) is 0 Å². The lowest BCUT2D eigenvalue weighted by molar-refractivity contribution is -0.119. The van der Waals surface area contributed by atoms with Crippen LogP contribution in [-0.2, 0) is 16.1 Å². The Hall–Kier alpha value is -1.92. The number of rotatable bonds is 9. The van der Waals surface area contributed by atoms with E-state index in [0.29, 0.717) is 38.3 Å². The Kier molecular flexibility index (Phi) is 8.08. The normalized spacial score (nSPS) is 10.2. The predicted octanol–water partition coefficient (Wildman–Crippen LogP) is 0.452. The standard InChI is InChI=1S/C15H22N2O4/c1-12(19)17-11-13-3-5-14(6-4-13)15(20)16-7-2-9-21-10-8-18/h3-6,18H,2,7-11H2,1H3,(H,16,20)(H,17,19). The highest BCUT2D eigenvalue weighted by atomic mass is 16.5. The van der Waals surface area contributed by atoms with Crippen molar-refractivity contribution in [2.45, 2.75) is 19.9 Å². The maximum Gasteiger partial charge on any atom is 0.251 e. The van der Waals surface area contributed by atoms with Gasteiger partial charge in [-0.15, -0.1) is 0 Å². The topological polar surface area (TPSA) is 87.7 Å². The fourth-order valence-corrected chi connectivity index (χ4v) is 1.65. The molecule has 1 aromatic rings. The van der Waals surface area contributed by atoms with Gasteiger partial charge in [0.1, 0.15) is 0 Å². The molecule has 3 N–H and O–H groups in total. The third-order valence-corrected chi connectivity index (χ3v) is 2.74. The summed E-state index contributed by atoms with van der Waals surface area (Å²) in [6, 6.07) is 7.09. The van der Waals surface area contributed by atoms with Gasteiger partial charge < -0.3 is 20.5 Å². The number of carbonyl (C=O) groups is 2. The predicted molar refractivity (Wildman–Crippen MR) is 78.8 cm³/mol. The molecule has 2 amide bonds. The van der Waals surface area contributed by atoms with Gasteiger partial charge in [0.05, 0.1) is 13.2 Å². The third-order valence-electron chi connectivity index (χ3n) is 2.74. The molecule has 0 aliphatic rings. The number of amides is 2. The van der Waals surface area contributed by atoms with Gasteiger partial charge in [0.15, 0.2) is 0 Å². The molecule has 0 atom stereocenters. The van der Waals surface area contributed by atoms with Gasteiger partial charge in [0.25, 0.3) is 5.91 Å². The van der Waals surface area contributed by atoms with Gasteiger partial charge >= 0.3 is 0 Å². The maximum absolute atomic E-state index is 11.8. The molecule has 1 aromatic carbocycles. The molecule has 21 heavy (non-hydrogen) atoms. The van der Waals surface area contributed by atoms with Crippen LogP contribution in [-0.4, -0.2) is 43.3 Å². The van der Waals surface area contributed by atoms with E-state index in [1.54, 1.807) is 12.1 Å². The number of carbonyl (C=O) groups excluding carboxylic acids is 2. The minimum atomic E-state index is -0.136. The van der Waals surface area contributed by atoms with E-state index in [2.05, 4.69) is 10.6 Å². The van der Waals surface area contributed by atoms with E-state index in [9.17, 15) is 9.59 Å². The molecule has 0 radical (unpaired) electrons. The van der Waals surface area contributed by atoms with Crippen LogP contribution < -0.4 is 10.6 Å². The Labute approximate surface area is 124 Å². The van der Waals surface area contributed by atoms with Gasteiger partial charge in [0, 0.05) is 32.2 Å². The molecule has 0 heterocycles. The zero-order valence-electron chi connectivity index (χ0n) is 12.2. The minimum Gasteiger partial charge on any atom is -0.394 e. The number of benzene rings is 1. The SMILES string of the molecule is CC(=O)NCc1ccc(C(=O)NCCCOCCO)cc1. The molecule has 0 saturated carbocycles. The lowest BCUT2D eigenvalue weighted by Crippen LogP contribution is -2.25. The first kappa shape index (κ1) is 17.1. The van der Waals surface area contributed by atoms with Gasteiger partial charge in [-0.25, -0.2) is 0 Å². The van der Waals surface area contributed by atoms with Crippen LogP contribution in [0.3, 0.4) is 0 Å². The summed E-state index contributed by atoms with van der Waals surface area (Å²) in [5.41, 5.74) is 1.53. The third kappa shape index (κ3) is 7.43. The lowest BCUT2D eigenvalue weighted by atomic mass is 10.1. The quantitative estimate of drug-likeness (QED) is 0.577. The van der Waals surface area contributed by atoms with Crippen molar-refractivity contribution >= 4 is 11.8 Å². The molecule has 1 rings (SSSR count). The smallest absolute Gasteiger partial charge is 0.251 e. The summed E-state index contributed by atoms with van der Waals surface area (Å²) in [5.74, 6) is -0.219. The zero-order chi connectivity index (χ0) is 15.5. The van der Waals surface area contributed by atoms with Crippen LogP contribution in [0.5, 0.6) is 0 Å². The zero-order valence-corrected chi connectivity index (χ0v) is 12.2. The van der Waals surface area contributed by atoms with Gasteiger partial charge in [-0.1, -0.05) is 12.1 Å². The average molecular weight is 294 g/mol. The summed E-state index contributed by atoms with van der Waals surface area (Å²) in [6.45, 7) is 3.29. The fraction of sp³-hybridized carbons (Fsp3) is 0.467. The molecule has 0 saturated heterocycles. The molecule has 116 valence electrons. The van der Waals surface area contributed by atoms with Crippen molar-refractivity contribution in [2.24, 2.45) is 0 Å². The molecular weight excluding hydrogens is 272 g/mol. The van der Waals surface area contributed by atoms with Gasteiger partial charge in [-0.2, -0.15) is 0 Å². The number of hydrogen-bond donors (Lipinski definition) is 3. The summed E-state index contributed by atoms with van der Waals surface area (Å²) in [6.07, 6.45) is 0.701. The Morgan fingerprint density at radius 1 is 1.14 bits per heavy atom. The molecular formula is C15H22N2O4. The number of ether oxygens (including phenoxy) is 1. The second-order valence-corrected chi connectivity index (χ2v) is 4.55. The summed E-state index contributed by atoms with van der Waals surface area (Å²) in [5, 5.41) is 14.0. The largest absolute Gasteiger partial charge is 0.394 e. The highest BCUT2D eigenvalue weighted by molar-refractivity contribution is 5.94. The number of aliphatic hydroxyl groups is 1. The molecule has 0 bridgehead atoms. The van der Waals surface area contributed by atoms with Crippen molar-refractivity contribution in [3.8, 4) is 0 Å². The lowest BCUT2D eigenvalue weighted by Gasteiger charge is -2.07. The van der Waals surface area contributed by atoms with Crippen LogP contribution in [0.25, 0.3) is 0 Å². The second kappa shape index (κ2) is 9.90. The van der Waals surface area contributed by atoms with Crippen molar-refractivity contribution in [2.75, 3.05) is 26.4 Å². The van der Waals surface area contributed by atoms with Crippen molar-refractivity contribution in [3.63, 3.8) is 0 Å². The minimum absolute atomic E-state index is 0.0111. The Balaban J connectivity index is 2.29. The molecule has 6 heteroatoms. The van der Waals surface area contributed by atoms with E-state index in [4.69, 9.17) is 9.84 Å². The highest BCUT2D eigenvalue weighted by Gasteiger charge is 2.04. The van der Waals surface area contributed by atoms with Crippen molar-refractivity contribution in [3.05, 3.63) is 35.4 Å². The van der Waals surface area contributed by atoms with Gasteiger partial charge in [-0.05, 0) is 24.1 Å². The van der Waals surface area contributed by atoms with Crippen LogP contribution in [0.2, 0.25) is 0 Å². The molecule has 0 spiro atoms. The summed E-state index contributed by atoms with van der Waals surface area (Å²) >= 11 is 0. The van der Waals surface area contributed by atoms with Crippen molar-refractivity contribution in [1.82, 2.24) is 10.6 Å². The molecule has 6 nitrogen and oxygen atoms in total. The fourth-order valence-electron chi connectivity index (χ4n) is 1.65. The van der Waals surface area contributed by atoms with Crippen LogP contribution >= 0.6 is 0 Å². The molecule has 0 aliphatic carbocycles. The second-order valence-electron chi connectivity index (χ2n) is 4.55. The van der Waals surface area contributed by atoms with Gasteiger partial charge in [0.2, 0.25) is 5.91 Å². The van der Waals surface area contributed by atoms with Crippen molar-refractivity contribution < 1.29 is 19.4 Å². The van der Waals surface area contributed by atoms with Crippen LogP contribution in [0.1, 0.15) is 29.3 Å². The molecule has 0 aromatic heterocycles. The van der Waals surface area contributed by atoms with E-state index >= 15 is 0 Å². The summed E-state index contributed by atoms with van der Waals surface area (Å²) < 4.78 is 5.10. The van der Waals surface area contributed by atoms with E-state index in [0.717, 1.165) is 5.56 Å². The van der Waals surface area contributed by atoms with E-state index in [1.165, 1.54) is 6.92 Å². The van der Waals surface area contributed by atoms with Crippen LogP contribution in [0.15, 0.2) is 24.3 Å². The van der Waals surface area contributed by atoms with E-state index in [-0.39, 0.29) is 18.4 Å². The number of nitrogens with one attached hydrogen (secondary N) is 2. The molecule has 0 aliphatic heterocycles. The Morgan fingerprint density at radius 3 is 2.48 bits per heavy atom. The van der Waals surface area contributed by atoms with Gasteiger partial charge in [-0.3, -0.25) is 9.59 Å². The monoisotopic (exact) mass is 294 g/mol. The highest BCUT2D eigenvalue weighted by Crippen LogP contribution is 2.04. The number of hydrogen-bond acceptors (Lipinski definition) is 4. The maximum atomic E-state index is 11.8. The number of aliphatic hydroxyl groups excluding tert-OH is 1. The Morgan fingerprint density at radius 2 is 1.86 bits per heavy atom. The first-order valence-electron chi connectivity index (χ1n) is 6.93. The molecule has 0 unspecified atom stereocenters. The van der Waals surface area contributed by atoms with E-state index < -0.39 is 0 Å². The first-order chi connectivity index (χ1) is 10.1. The summed E-state index contributed by atoms with van der Waals surface area (Å²) in [7, 11) is 0. The summed E-state index contributed by atoms with van der Waals surface area (Å²) in [4.78, 5) is 22.7. The average Bonchev–Trinajstić information content (AvgIpc) is 2.49.